The molecule has 0 N–H and O–H groups in total. The summed E-state index contributed by atoms with van der Waals surface area (Å²) in [6.45, 7) is 7.50. The zero-order valence-corrected chi connectivity index (χ0v) is 17.3. The molecule has 5 heteroatoms. The van der Waals surface area contributed by atoms with E-state index >= 15 is 0 Å². The van der Waals surface area contributed by atoms with Crippen molar-refractivity contribution in [3.05, 3.63) is 74.7 Å². The van der Waals surface area contributed by atoms with Gasteiger partial charge in [-0.2, -0.15) is 5.10 Å². The highest BCUT2D eigenvalue weighted by atomic mass is 32.1. The van der Waals surface area contributed by atoms with E-state index in [0.717, 1.165) is 29.9 Å². The van der Waals surface area contributed by atoms with Crippen LogP contribution in [0.2, 0.25) is 0 Å². The number of hydrogen-bond donors (Lipinski definition) is 0. The molecule has 2 heterocycles. The summed E-state index contributed by atoms with van der Waals surface area (Å²) >= 11 is 1.76. The number of hydrogen-bond acceptors (Lipinski definition) is 3. The molecule has 0 fully saturated rings. The number of aryl methyl sites for hydroxylation is 3. The van der Waals surface area contributed by atoms with Crippen LogP contribution >= 0.6 is 11.3 Å². The first-order valence-corrected chi connectivity index (χ1v) is 10.1. The van der Waals surface area contributed by atoms with E-state index in [4.69, 9.17) is 0 Å². The van der Waals surface area contributed by atoms with Crippen LogP contribution in [0.15, 0.2) is 42.5 Å². The van der Waals surface area contributed by atoms with Gasteiger partial charge in [0.2, 0.25) is 5.91 Å². The standard InChI is InChI=1S/C22H27N3OS/c1-16-10-11-20(27-16)15-25(13-12-19-8-6-5-7-9-19)22(26)14-21-17(2)23-24(4)18(21)3/h5-11H,12-15H2,1-4H3. The molecule has 0 unspecified atom stereocenters. The number of rotatable bonds is 7. The molecule has 0 bridgehead atoms. The van der Waals surface area contributed by atoms with Crippen molar-refractivity contribution in [2.45, 2.75) is 40.2 Å². The Hall–Kier alpha value is -2.40. The Balaban J connectivity index is 1.75. The van der Waals surface area contributed by atoms with Gasteiger partial charge in [0, 0.05) is 34.6 Å². The molecule has 3 aromatic rings. The van der Waals surface area contributed by atoms with E-state index < -0.39 is 0 Å². The summed E-state index contributed by atoms with van der Waals surface area (Å²) in [5, 5.41) is 4.45. The summed E-state index contributed by atoms with van der Waals surface area (Å²) in [6.07, 6.45) is 1.27. The van der Waals surface area contributed by atoms with Gasteiger partial charge in [0.05, 0.1) is 18.7 Å². The molecule has 0 aliphatic carbocycles. The largest absolute Gasteiger partial charge is 0.337 e. The molecule has 0 aliphatic rings. The van der Waals surface area contributed by atoms with Crippen molar-refractivity contribution in [3.63, 3.8) is 0 Å². The summed E-state index contributed by atoms with van der Waals surface area (Å²) < 4.78 is 1.86. The van der Waals surface area contributed by atoms with Crippen LogP contribution in [0.25, 0.3) is 0 Å². The van der Waals surface area contributed by atoms with Crippen LogP contribution < -0.4 is 0 Å². The highest BCUT2D eigenvalue weighted by Gasteiger charge is 2.19. The Morgan fingerprint density at radius 1 is 1.11 bits per heavy atom. The van der Waals surface area contributed by atoms with Crippen LogP contribution in [0, 0.1) is 20.8 Å². The third kappa shape index (κ3) is 4.86. The molecular formula is C22H27N3OS. The number of benzene rings is 1. The normalized spacial score (nSPS) is 11.0. The molecule has 4 nitrogen and oxygen atoms in total. The lowest BCUT2D eigenvalue weighted by Gasteiger charge is -2.22. The summed E-state index contributed by atoms with van der Waals surface area (Å²) in [7, 11) is 1.93. The summed E-state index contributed by atoms with van der Waals surface area (Å²) in [6, 6.07) is 14.6. The summed E-state index contributed by atoms with van der Waals surface area (Å²) in [5.74, 6) is 0.163. The van der Waals surface area contributed by atoms with Gasteiger partial charge in [-0.25, -0.2) is 0 Å². The lowest BCUT2D eigenvalue weighted by atomic mass is 10.1. The molecule has 2 aromatic heterocycles. The lowest BCUT2D eigenvalue weighted by Crippen LogP contribution is -2.33. The molecule has 142 valence electrons. The number of carbonyl (C=O) groups excluding carboxylic acids is 1. The van der Waals surface area contributed by atoms with Crippen molar-refractivity contribution in [1.29, 1.82) is 0 Å². The summed E-state index contributed by atoms with van der Waals surface area (Å²) in [5.41, 5.74) is 4.31. The van der Waals surface area contributed by atoms with Gasteiger partial charge in [0.1, 0.15) is 0 Å². The quantitative estimate of drug-likeness (QED) is 0.614. The third-order valence-corrected chi connectivity index (χ3v) is 5.98. The van der Waals surface area contributed by atoms with E-state index in [1.54, 1.807) is 11.3 Å². The topological polar surface area (TPSA) is 38.1 Å². The first-order valence-electron chi connectivity index (χ1n) is 9.30. The Labute approximate surface area is 165 Å². The average molecular weight is 382 g/mol. The second-order valence-electron chi connectivity index (χ2n) is 7.01. The van der Waals surface area contributed by atoms with Crippen LogP contribution in [0.1, 0.15) is 32.3 Å². The van der Waals surface area contributed by atoms with Gasteiger partial charge in [0.15, 0.2) is 0 Å². The zero-order chi connectivity index (χ0) is 19.4. The molecule has 0 atom stereocenters. The second kappa shape index (κ2) is 8.53. The highest BCUT2D eigenvalue weighted by Crippen LogP contribution is 2.19. The van der Waals surface area contributed by atoms with E-state index in [9.17, 15) is 4.79 Å². The number of thiophene rings is 1. The molecule has 1 aromatic carbocycles. The first-order chi connectivity index (χ1) is 12.9. The number of aromatic nitrogens is 2. The second-order valence-corrected chi connectivity index (χ2v) is 8.39. The van der Waals surface area contributed by atoms with Gasteiger partial charge in [-0.3, -0.25) is 9.48 Å². The predicted octanol–water partition coefficient (Wildman–Crippen LogP) is 4.22. The van der Waals surface area contributed by atoms with Crippen LogP contribution in [0.4, 0.5) is 0 Å². The Morgan fingerprint density at radius 3 is 2.44 bits per heavy atom. The predicted molar refractivity (Wildman–Crippen MR) is 111 cm³/mol. The molecule has 0 aliphatic heterocycles. The molecule has 3 rings (SSSR count). The van der Waals surface area contributed by atoms with E-state index in [-0.39, 0.29) is 5.91 Å². The lowest BCUT2D eigenvalue weighted by molar-refractivity contribution is -0.131. The average Bonchev–Trinajstić information content (AvgIpc) is 3.17. The van der Waals surface area contributed by atoms with Gasteiger partial charge in [-0.15, -0.1) is 11.3 Å². The molecule has 27 heavy (non-hydrogen) atoms. The van der Waals surface area contributed by atoms with Crippen molar-refractivity contribution < 1.29 is 4.79 Å². The minimum atomic E-state index is 0.163. The molecule has 0 radical (unpaired) electrons. The van der Waals surface area contributed by atoms with Crippen molar-refractivity contribution in [2.75, 3.05) is 6.54 Å². The van der Waals surface area contributed by atoms with E-state index in [1.807, 2.05) is 48.7 Å². The fraction of sp³-hybridized carbons (Fsp3) is 0.364. The Morgan fingerprint density at radius 2 is 1.85 bits per heavy atom. The highest BCUT2D eigenvalue weighted by molar-refractivity contribution is 7.11. The number of carbonyl (C=O) groups is 1. The van der Waals surface area contributed by atoms with Gasteiger partial charge in [0.25, 0.3) is 0 Å². The van der Waals surface area contributed by atoms with Gasteiger partial charge >= 0.3 is 0 Å². The SMILES string of the molecule is Cc1ccc(CN(CCc2ccccc2)C(=O)Cc2c(C)nn(C)c2C)s1. The fourth-order valence-electron chi connectivity index (χ4n) is 3.30. The number of amides is 1. The van der Waals surface area contributed by atoms with Crippen molar-refractivity contribution >= 4 is 17.2 Å². The molecule has 0 saturated heterocycles. The van der Waals surface area contributed by atoms with E-state index in [2.05, 4.69) is 36.3 Å². The third-order valence-electron chi connectivity index (χ3n) is 5.00. The molecule has 0 spiro atoms. The van der Waals surface area contributed by atoms with E-state index in [0.29, 0.717) is 13.0 Å². The van der Waals surface area contributed by atoms with Crippen LogP contribution in [0.3, 0.4) is 0 Å². The van der Waals surface area contributed by atoms with Crippen LogP contribution in [-0.4, -0.2) is 27.1 Å². The van der Waals surface area contributed by atoms with Gasteiger partial charge in [-0.05, 0) is 44.9 Å². The van der Waals surface area contributed by atoms with E-state index in [1.165, 1.54) is 15.3 Å². The Bertz CT molecular complexity index is 911. The van der Waals surface area contributed by atoms with Gasteiger partial charge < -0.3 is 4.90 Å². The van der Waals surface area contributed by atoms with Crippen molar-refractivity contribution in [3.8, 4) is 0 Å². The maximum absolute atomic E-state index is 13.2. The maximum Gasteiger partial charge on any atom is 0.227 e. The first kappa shape index (κ1) is 19.4. The molecule has 1 amide bonds. The zero-order valence-electron chi connectivity index (χ0n) is 16.5. The fourth-order valence-corrected chi connectivity index (χ4v) is 4.20. The molecular weight excluding hydrogens is 354 g/mol. The van der Waals surface area contributed by atoms with Crippen LogP contribution in [-0.2, 0) is 31.2 Å². The Kier molecular flexibility index (Phi) is 6.11. The maximum atomic E-state index is 13.2. The smallest absolute Gasteiger partial charge is 0.227 e. The monoisotopic (exact) mass is 381 g/mol. The minimum Gasteiger partial charge on any atom is -0.337 e. The van der Waals surface area contributed by atoms with Crippen molar-refractivity contribution in [2.24, 2.45) is 7.05 Å². The van der Waals surface area contributed by atoms with Crippen molar-refractivity contribution in [1.82, 2.24) is 14.7 Å². The molecule has 0 saturated carbocycles. The minimum absolute atomic E-state index is 0.163. The number of nitrogens with zero attached hydrogens (tertiary/aromatic N) is 3. The van der Waals surface area contributed by atoms with Gasteiger partial charge in [-0.1, -0.05) is 30.3 Å². The van der Waals surface area contributed by atoms with Crippen LogP contribution in [0.5, 0.6) is 0 Å². The summed E-state index contributed by atoms with van der Waals surface area (Å²) in [4.78, 5) is 17.6.